The number of rotatable bonds is 5. The lowest BCUT2D eigenvalue weighted by molar-refractivity contribution is -0.115. The molecule has 0 heterocycles. The Kier molecular flexibility index (Phi) is 15.3. The van der Waals surface area contributed by atoms with Crippen molar-refractivity contribution in [1.82, 2.24) is 4.90 Å². The largest absolute Gasteiger partial charge is 0.351 e. The molecule has 0 bridgehead atoms. The Morgan fingerprint density at radius 2 is 1.33 bits per heavy atom. The van der Waals surface area contributed by atoms with E-state index in [2.05, 4.69) is 13.8 Å². The van der Waals surface area contributed by atoms with Crippen molar-refractivity contribution in [3.63, 3.8) is 0 Å². The number of carbonyl (C=O) groups is 1. The summed E-state index contributed by atoms with van der Waals surface area (Å²) in [5.74, 6) is 0. The van der Waals surface area contributed by atoms with Gasteiger partial charge in [0.25, 0.3) is 0 Å². The van der Waals surface area contributed by atoms with E-state index >= 15 is 0 Å². The van der Waals surface area contributed by atoms with Gasteiger partial charge >= 0.3 is 0 Å². The Bertz CT molecular complexity index is 77.9. The minimum atomic E-state index is 0.750. The molecule has 2 nitrogen and oxygen atoms in total. The van der Waals surface area contributed by atoms with Gasteiger partial charge in [0.05, 0.1) is 0 Å². The van der Waals surface area contributed by atoms with Crippen LogP contribution in [0, 0.1) is 0 Å². The van der Waals surface area contributed by atoms with Crippen molar-refractivity contribution in [2.24, 2.45) is 0 Å². The van der Waals surface area contributed by atoms with E-state index in [1.165, 1.54) is 37.0 Å². The van der Waals surface area contributed by atoms with E-state index in [9.17, 15) is 4.79 Å². The van der Waals surface area contributed by atoms with Crippen molar-refractivity contribution in [2.45, 2.75) is 46.0 Å². The van der Waals surface area contributed by atoms with Crippen LogP contribution in [0.5, 0.6) is 0 Å². The zero-order valence-electron chi connectivity index (χ0n) is 8.97. The smallest absolute Gasteiger partial charge is 0.209 e. The van der Waals surface area contributed by atoms with Gasteiger partial charge in [0.2, 0.25) is 6.41 Å². The highest BCUT2D eigenvalue weighted by Gasteiger charge is 1.80. The molecule has 0 aliphatic rings. The number of nitrogens with zero attached hydrogens (tertiary/aromatic N) is 1. The van der Waals surface area contributed by atoms with E-state index in [1.807, 2.05) is 0 Å². The van der Waals surface area contributed by atoms with Crippen molar-refractivity contribution in [3.05, 3.63) is 0 Å². The molecule has 0 radical (unpaired) electrons. The molecule has 0 spiro atoms. The summed E-state index contributed by atoms with van der Waals surface area (Å²) in [6.07, 6.45) is 7.76. The number of carbonyl (C=O) groups excluding carboxylic acids is 1. The molecule has 0 aromatic carbocycles. The fourth-order valence-corrected chi connectivity index (χ4v) is 0.677. The van der Waals surface area contributed by atoms with Crippen LogP contribution in [0.15, 0.2) is 0 Å². The second-order valence-electron chi connectivity index (χ2n) is 3.13. The maximum atomic E-state index is 9.43. The standard InChI is InChI=1S/C7H16.C3H7NO/c1-3-5-7-6-4-2;1-4(2)3-5/h3-7H2,1-2H3;3H,1-2H3. The molecule has 0 aliphatic heterocycles. The third-order valence-electron chi connectivity index (χ3n) is 1.42. The van der Waals surface area contributed by atoms with Crippen LogP contribution < -0.4 is 0 Å². The van der Waals surface area contributed by atoms with Crippen molar-refractivity contribution in [2.75, 3.05) is 14.1 Å². The highest BCUT2D eigenvalue weighted by atomic mass is 16.1. The number of hydrogen-bond acceptors (Lipinski definition) is 1. The Morgan fingerprint density at radius 1 is 1.00 bits per heavy atom. The van der Waals surface area contributed by atoms with Gasteiger partial charge in [0, 0.05) is 14.1 Å². The van der Waals surface area contributed by atoms with Crippen molar-refractivity contribution >= 4 is 6.41 Å². The first-order valence-electron chi connectivity index (χ1n) is 4.80. The second-order valence-corrected chi connectivity index (χ2v) is 3.13. The summed E-state index contributed by atoms with van der Waals surface area (Å²) in [5.41, 5.74) is 0. The summed E-state index contributed by atoms with van der Waals surface area (Å²) in [5, 5.41) is 0. The predicted octanol–water partition coefficient (Wildman–Crippen LogP) is 2.68. The Morgan fingerprint density at radius 3 is 1.50 bits per heavy atom. The van der Waals surface area contributed by atoms with E-state index in [1.54, 1.807) is 14.1 Å². The average molecular weight is 173 g/mol. The molecule has 0 rings (SSSR count). The first kappa shape index (κ1) is 14.0. The van der Waals surface area contributed by atoms with E-state index in [4.69, 9.17) is 0 Å². The first-order chi connectivity index (χ1) is 5.68. The van der Waals surface area contributed by atoms with Gasteiger partial charge in [-0.05, 0) is 0 Å². The lowest BCUT2D eigenvalue weighted by Gasteiger charge is -1.93. The maximum absolute atomic E-state index is 9.43. The lowest BCUT2D eigenvalue weighted by atomic mass is 10.2. The Hall–Kier alpha value is -0.530. The summed E-state index contributed by atoms with van der Waals surface area (Å²) in [6.45, 7) is 4.49. The zero-order valence-corrected chi connectivity index (χ0v) is 8.97. The van der Waals surface area contributed by atoms with Gasteiger partial charge in [-0.15, -0.1) is 0 Å². The summed E-state index contributed by atoms with van der Waals surface area (Å²) in [7, 11) is 3.38. The highest BCUT2D eigenvalue weighted by molar-refractivity contribution is 5.45. The molecule has 2 heteroatoms. The van der Waals surface area contributed by atoms with Gasteiger partial charge in [-0.2, -0.15) is 0 Å². The Labute approximate surface area is 77.0 Å². The molecule has 0 atom stereocenters. The van der Waals surface area contributed by atoms with E-state index in [0.29, 0.717) is 0 Å². The summed E-state index contributed by atoms with van der Waals surface area (Å²) < 4.78 is 0. The molecule has 0 saturated heterocycles. The van der Waals surface area contributed by atoms with Gasteiger partial charge in [-0.1, -0.05) is 46.0 Å². The highest BCUT2D eigenvalue weighted by Crippen LogP contribution is 2.00. The van der Waals surface area contributed by atoms with E-state index in [0.717, 1.165) is 6.41 Å². The van der Waals surface area contributed by atoms with Crippen LogP contribution in [0.3, 0.4) is 0 Å². The fraction of sp³-hybridized carbons (Fsp3) is 0.900. The van der Waals surface area contributed by atoms with Crippen LogP contribution >= 0.6 is 0 Å². The SMILES string of the molecule is CCCCCCC.CN(C)C=O. The fourth-order valence-electron chi connectivity index (χ4n) is 0.677. The average Bonchev–Trinajstić information content (AvgIpc) is 2.07. The van der Waals surface area contributed by atoms with E-state index in [-0.39, 0.29) is 0 Å². The topological polar surface area (TPSA) is 20.3 Å². The number of amides is 1. The molecule has 0 N–H and O–H groups in total. The minimum absolute atomic E-state index is 0.750. The molecule has 0 saturated carbocycles. The number of unbranched alkanes of at least 4 members (excludes halogenated alkanes) is 4. The van der Waals surface area contributed by atoms with Crippen molar-refractivity contribution < 1.29 is 4.79 Å². The minimum Gasteiger partial charge on any atom is -0.351 e. The van der Waals surface area contributed by atoms with E-state index < -0.39 is 0 Å². The molecule has 1 amide bonds. The monoisotopic (exact) mass is 173 g/mol. The summed E-state index contributed by atoms with van der Waals surface area (Å²) in [6, 6.07) is 0. The van der Waals surface area contributed by atoms with Crippen molar-refractivity contribution in [1.29, 1.82) is 0 Å². The molecule has 12 heavy (non-hydrogen) atoms. The van der Waals surface area contributed by atoms with Gasteiger partial charge < -0.3 is 4.90 Å². The first-order valence-corrected chi connectivity index (χ1v) is 4.80. The third-order valence-corrected chi connectivity index (χ3v) is 1.42. The van der Waals surface area contributed by atoms with Crippen LogP contribution in [-0.4, -0.2) is 25.4 Å². The molecule has 0 fully saturated rings. The molecular formula is C10H23NO. The molecule has 0 aromatic heterocycles. The van der Waals surface area contributed by atoms with Gasteiger partial charge in [0.15, 0.2) is 0 Å². The van der Waals surface area contributed by atoms with Crippen LogP contribution in [0.25, 0.3) is 0 Å². The molecule has 0 unspecified atom stereocenters. The summed E-state index contributed by atoms with van der Waals surface area (Å²) in [4.78, 5) is 10.9. The van der Waals surface area contributed by atoms with Gasteiger partial charge in [-0.3, -0.25) is 4.79 Å². The quantitative estimate of drug-likeness (QED) is 0.462. The Balaban J connectivity index is 0. The molecular weight excluding hydrogens is 150 g/mol. The van der Waals surface area contributed by atoms with Gasteiger partial charge in [-0.25, -0.2) is 0 Å². The molecule has 74 valence electrons. The van der Waals surface area contributed by atoms with Crippen LogP contribution in [0.4, 0.5) is 0 Å². The van der Waals surface area contributed by atoms with Crippen molar-refractivity contribution in [3.8, 4) is 0 Å². The molecule has 0 aromatic rings. The van der Waals surface area contributed by atoms with Crippen LogP contribution in [-0.2, 0) is 4.79 Å². The normalized spacial score (nSPS) is 8.33. The van der Waals surface area contributed by atoms with Crippen LogP contribution in [0.1, 0.15) is 46.0 Å². The maximum Gasteiger partial charge on any atom is 0.209 e. The predicted molar refractivity (Wildman–Crippen MR) is 54.2 cm³/mol. The third kappa shape index (κ3) is 22.7. The van der Waals surface area contributed by atoms with Gasteiger partial charge in [0.1, 0.15) is 0 Å². The lowest BCUT2D eigenvalue weighted by Crippen LogP contribution is -2.06. The zero-order chi connectivity index (χ0) is 9.82. The summed E-state index contributed by atoms with van der Waals surface area (Å²) >= 11 is 0. The number of hydrogen-bond donors (Lipinski definition) is 0. The van der Waals surface area contributed by atoms with Crippen LogP contribution in [0.2, 0.25) is 0 Å². The second kappa shape index (κ2) is 13.1. The molecule has 0 aliphatic carbocycles.